The van der Waals surface area contributed by atoms with E-state index in [1.54, 1.807) is 28.7 Å². The normalized spacial score (nSPS) is 13.6. The summed E-state index contributed by atoms with van der Waals surface area (Å²) in [6.45, 7) is 3.29. The van der Waals surface area contributed by atoms with Gasteiger partial charge >= 0.3 is 0 Å². The van der Waals surface area contributed by atoms with Gasteiger partial charge in [-0.2, -0.15) is 10.5 Å². The van der Waals surface area contributed by atoms with Crippen LogP contribution < -0.4 is 4.90 Å². The molecule has 0 bridgehead atoms. The van der Waals surface area contributed by atoms with Crippen molar-refractivity contribution in [3.8, 4) is 33.0 Å². The highest BCUT2D eigenvalue weighted by Gasteiger charge is 2.20. The number of nitrogens with zero attached hydrogens (tertiary/aromatic N) is 3. The zero-order valence-corrected chi connectivity index (χ0v) is 16.7. The van der Waals surface area contributed by atoms with Crippen LogP contribution >= 0.6 is 22.7 Å². The molecule has 0 unspecified atom stereocenters. The van der Waals surface area contributed by atoms with Gasteiger partial charge in [-0.15, -0.1) is 22.7 Å². The SMILES string of the molecule is N#CC(C#N)=Cc1ccc(-c2cc(-c3ccccc3)c(N3CCOCC3)s2)s1. The van der Waals surface area contributed by atoms with Crippen molar-refractivity contribution in [2.45, 2.75) is 0 Å². The van der Waals surface area contributed by atoms with Crippen molar-refractivity contribution >= 4 is 33.8 Å². The van der Waals surface area contributed by atoms with Gasteiger partial charge in [-0.25, -0.2) is 0 Å². The molecule has 1 aromatic carbocycles. The van der Waals surface area contributed by atoms with E-state index in [0.29, 0.717) is 0 Å². The van der Waals surface area contributed by atoms with E-state index < -0.39 is 0 Å². The Labute approximate surface area is 172 Å². The van der Waals surface area contributed by atoms with Gasteiger partial charge in [0.25, 0.3) is 0 Å². The van der Waals surface area contributed by atoms with Crippen LogP contribution in [0.3, 0.4) is 0 Å². The van der Waals surface area contributed by atoms with Crippen LogP contribution in [0, 0.1) is 22.7 Å². The van der Waals surface area contributed by atoms with Gasteiger partial charge in [-0.1, -0.05) is 30.3 Å². The fourth-order valence-corrected chi connectivity index (χ4v) is 5.39. The lowest BCUT2D eigenvalue weighted by Crippen LogP contribution is -2.35. The molecule has 1 saturated heterocycles. The first-order valence-electron chi connectivity index (χ1n) is 8.92. The van der Waals surface area contributed by atoms with E-state index in [0.717, 1.165) is 36.1 Å². The zero-order chi connectivity index (χ0) is 19.3. The molecule has 1 aliphatic heterocycles. The summed E-state index contributed by atoms with van der Waals surface area (Å²) in [6, 6.07) is 20.6. The van der Waals surface area contributed by atoms with Gasteiger partial charge in [-0.3, -0.25) is 0 Å². The van der Waals surface area contributed by atoms with Crippen LogP contribution in [-0.4, -0.2) is 26.3 Å². The summed E-state index contributed by atoms with van der Waals surface area (Å²) in [5.41, 5.74) is 2.57. The number of nitriles is 2. The van der Waals surface area contributed by atoms with Crippen LogP contribution in [0.2, 0.25) is 0 Å². The van der Waals surface area contributed by atoms with Crippen molar-refractivity contribution in [1.82, 2.24) is 0 Å². The van der Waals surface area contributed by atoms with E-state index in [1.807, 2.05) is 24.3 Å². The van der Waals surface area contributed by atoms with Crippen LogP contribution in [-0.2, 0) is 4.74 Å². The summed E-state index contributed by atoms with van der Waals surface area (Å²) in [6.07, 6.45) is 1.64. The topological polar surface area (TPSA) is 60.0 Å². The molecule has 0 amide bonds. The minimum Gasteiger partial charge on any atom is -0.378 e. The number of benzene rings is 1. The molecule has 1 fully saturated rings. The molecule has 2 aromatic heterocycles. The van der Waals surface area contributed by atoms with Gasteiger partial charge in [0.1, 0.15) is 17.7 Å². The average molecular weight is 404 g/mol. The molecule has 3 aromatic rings. The molecule has 4 rings (SSSR count). The maximum atomic E-state index is 8.97. The molecule has 0 atom stereocenters. The summed E-state index contributed by atoms with van der Waals surface area (Å²) < 4.78 is 5.53. The average Bonchev–Trinajstić information content (AvgIpc) is 3.40. The summed E-state index contributed by atoms with van der Waals surface area (Å²) >= 11 is 3.39. The lowest BCUT2D eigenvalue weighted by atomic mass is 10.1. The minimum atomic E-state index is 0.124. The smallest absolute Gasteiger partial charge is 0.131 e. The highest BCUT2D eigenvalue weighted by atomic mass is 32.1. The third-order valence-electron chi connectivity index (χ3n) is 4.49. The van der Waals surface area contributed by atoms with Crippen molar-refractivity contribution in [2.75, 3.05) is 31.2 Å². The molecule has 0 radical (unpaired) electrons. The molecule has 4 nitrogen and oxygen atoms in total. The van der Waals surface area contributed by atoms with Gasteiger partial charge in [0.15, 0.2) is 0 Å². The second-order valence-electron chi connectivity index (χ2n) is 6.28. The van der Waals surface area contributed by atoms with Crippen LogP contribution in [0.25, 0.3) is 27.0 Å². The molecule has 138 valence electrons. The molecular weight excluding hydrogens is 386 g/mol. The van der Waals surface area contributed by atoms with E-state index in [-0.39, 0.29) is 5.57 Å². The summed E-state index contributed by atoms with van der Waals surface area (Å²) in [5.74, 6) is 0. The van der Waals surface area contributed by atoms with Gasteiger partial charge in [0, 0.05) is 33.3 Å². The summed E-state index contributed by atoms with van der Waals surface area (Å²) in [4.78, 5) is 5.65. The highest BCUT2D eigenvalue weighted by Crippen LogP contribution is 2.45. The minimum absolute atomic E-state index is 0.124. The maximum absolute atomic E-state index is 8.97. The number of hydrogen-bond acceptors (Lipinski definition) is 6. The van der Waals surface area contributed by atoms with E-state index in [1.165, 1.54) is 21.0 Å². The number of hydrogen-bond donors (Lipinski definition) is 0. The number of ether oxygens (including phenoxy) is 1. The van der Waals surface area contributed by atoms with E-state index in [9.17, 15) is 0 Å². The highest BCUT2D eigenvalue weighted by molar-refractivity contribution is 7.25. The zero-order valence-electron chi connectivity index (χ0n) is 15.1. The van der Waals surface area contributed by atoms with Gasteiger partial charge < -0.3 is 9.64 Å². The first-order chi connectivity index (χ1) is 13.8. The van der Waals surface area contributed by atoms with Crippen LogP contribution in [0.1, 0.15) is 4.88 Å². The lowest BCUT2D eigenvalue weighted by molar-refractivity contribution is 0.123. The molecule has 0 saturated carbocycles. The Kier molecular flexibility index (Phi) is 5.55. The molecular formula is C22H17N3OS2. The molecule has 3 heterocycles. The first-order valence-corrected chi connectivity index (χ1v) is 10.6. The molecule has 0 spiro atoms. The van der Waals surface area contributed by atoms with Crippen molar-refractivity contribution in [1.29, 1.82) is 10.5 Å². The van der Waals surface area contributed by atoms with Crippen LogP contribution in [0.4, 0.5) is 5.00 Å². The van der Waals surface area contributed by atoms with Crippen molar-refractivity contribution < 1.29 is 4.74 Å². The Morgan fingerprint density at radius 1 is 0.964 bits per heavy atom. The van der Waals surface area contributed by atoms with Crippen molar-refractivity contribution in [3.63, 3.8) is 0 Å². The monoisotopic (exact) mass is 403 g/mol. The Morgan fingerprint density at radius 2 is 1.71 bits per heavy atom. The Bertz CT molecular complexity index is 1060. The molecule has 6 heteroatoms. The fraction of sp³-hybridized carbons (Fsp3) is 0.182. The van der Waals surface area contributed by atoms with Gasteiger partial charge in [0.2, 0.25) is 0 Å². The third-order valence-corrected chi connectivity index (χ3v) is 6.92. The predicted molar refractivity (Wildman–Crippen MR) is 115 cm³/mol. The van der Waals surface area contributed by atoms with Gasteiger partial charge in [-0.05, 0) is 29.8 Å². The Morgan fingerprint density at radius 3 is 2.43 bits per heavy atom. The summed E-state index contributed by atoms with van der Waals surface area (Å²) in [5, 5.41) is 19.2. The van der Waals surface area contributed by atoms with Gasteiger partial charge in [0.05, 0.1) is 18.2 Å². The predicted octanol–water partition coefficient (Wildman–Crippen LogP) is 5.41. The first kappa shape index (κ1) is 18.5. The van der Waals surface area contributed by atoms with Crippen LogP contribution in [0.15, 0.2) is 54.1 Å². The number of allylic oxidation sites excluding steroid dienone is 1. The summed E-state index contributed by atoms with van der Waals surface area (Å²) in [7, 11) is 0. The van der Waals surface area contributed by atoms with E-state index in [4.69, 9.17) is 15.3 Å². The molecule has 28 heavy (non-hydrogen) atoms. The second-order valence-corrected chi connectivity index (χ2v) is 8.42. The molecule has 1 aliphatic rings. The number of anilines is 1. The largest absolute Gasteiger partial charge is 0.378 e. The second kappa shape index (κ2) is 8.41. The van der Waals surface area contributed by atoms with Crippen molar-refractivity contribution in [3.05, 3.63) is 59.0 Å². The van der Waals surface area contributed by atoms with E-state index >= 15 is 0 Å². The standard InChI is InChI=1S/C22H17N3OS2/c23-14-16(15-24)12-18-6-7-20(27-18)21-13-19(17-4-2-1-3-5-17)22(28-21)25-8-10-26-11-9-25/h1-7,12-13H,8-11H2. The number of thiophene rings is 2. The molecule has 0 aliphatic carbocycles. The third kappa shape index (κ3) is 3.85. The maximum Gasteiger partial charge on any atom is 0.131 e. The van der Waals surface area contributed by atoms with Crippen molar-refractivity contribution in [2.24, 2.45) is 0 Å². The number of rotatable bonds is 4. The fourth-order valence-electron chi connectivity index (χ4n) is 3.12. The Hall–Kier alpha value is -2.90. The van der Waals surface area contributed by atoms with Crippen LogP contribution in [0.5, 0.6) is 0 Å². The number of morpholine rings is 1. The Balaban J connectivity index is 1.74. The lowest BCUT2D eigenvalue weighted by Gasteiger charge is -2.28. The quantitative estimate of drug-likeness (QED) is 0.547. The van der Waals surface area contributed by atoms with E-state index in [2.05, 4.69) is 41.3 Å². The molecule has 0 N–H and O–H groups in total.